The van der Waals surface area contributed by atoms with Gasteiger partial charge in [-0.3, -0.25) is 4.79 Å². The summed E-state index contributed by atoms with van der Waals surface area (Å²) in [5, 5.41) is 0. The molecule has 0 amide bonds. The second-order valence-electron chi connectivity index (χ2n) is 6.55. The lowest BCUT2D eigenvalue weighted by molar-refractivity contribution is -0.158. The number of hydrogen-bond donors (Lipinski definition) is 1. The quantitative estimate of drug-likeness (QED) is 0.693. The van der Waals surface area contributed by atoms with Crippen molar-refractivity contribution in [2.75, 3.05) is 13.6 Å². The van der Waals surface area contributed by atoms with Crippen molar-refractivity contribution in [2.24, 2.45) is 5.92 Å². The fourth-order valence-electron chi connectivity index (χ4n) is 1.57. The molecule has 1 N–H and O–H groups in total. The Labute approximate surface area is 129 Å². The van der Waals surface area contributed by atoms with Gasteiger partial charge in [-0.1, -0.05) is 27.2 Å². The molecule has 21 heavy (non-hydrogen) atoms. The fraction of sp³-hybridized carbons (Fsp3) is 0.929. The molecule has 0 aromatic rings. The van der Waals surface area contributed by atoms with Crippen LogP contribution in [0.3, 0.4) is 0 Å². The van der Waals surface area contributed by atoms with E-state index in [4.69, 9.17) is 4.74 Å². The average Bonchev–Trinajstić information content (AvgIpc) is 2.30. The fourth-order valence-corrected chi connectivity index (χ4v) is 2.81. The summed E-state index contributed by atoms with van der Waals surface area (Å²) in [5.41, 5.74) is -0.649. The molecule has 0 heterocycles. The number of carbonyl (C=O) groups is 1. The number of unbranched alkanes of at least 4 members (excludes halogenated alkanes) is 1. The van der Waals surface area contributed by atoms with E-state index in [-0.39, 0.29) is 5.92 Å². The molecule has 0 aliphatic rings. The van der Waals surface area contributed by atoms with E-state index in [1.807, 2.05) is 6.92 Å². The zero-order valence-electron chi connectivity index (χ0n) is 14.3. The zero-order chi connectivity index (χ0) is 16.8. The summed E-state index contributed by atoms with van der Waals surface area (Å²) in [6.45, 7) is 11.2. The first-order valence-electron chi connectivity index (χ1n) is 7.37. The summed E-state index contributed by atoms with van der Waals surface area (Å²) in [6.07, 6.45) is 1.68. The van der Waals surface area contributed by atoms with Crippen molar-refractivity contribution in [3.63, 3.8) is 0 Å². The Morgan fingerprint density at radius 2 is 1.81 bits per heavy atom. The van der Waals surface area contributed by atoms with Gasteiger partial charge >= 0.3 is 5.97 Å². The summed E-state index contributed by atoms with van der Waals surface area (Å²) in [6, 6.07) is -0.890. The van der Waals surface area contributed by atoms with Crippen LogP contribution in [0.5, 0.6) is 0 Å². The molecule has 0 aliphatic heterocycles. The number of esters is 1. The van der Waals surface area contributed by atoms with Gasteiger partial charge in [-0.2, -0.15) is 17.4 Å². The molecule has 0 aliphatic carbocycles. The summed E-state index contributed by atoms with van der Waals surface area (Å²) in [7, 11) is -2.19. The normalized spacial score (nSPS) is 14.5. The summed E-state index contributed by atoms with van der Waals surface area (Å²) >= 11 is 0. The van der Waals surface area contributed by atoms with Crippen molar-refractivity contribution >= 4 is 16.2 Å². The Morgan fingerprint density at radius 1 is 1.29 bits per heavy atom. The van der Waals surface area contributed by atoms with E-state index in [0.717, 1.165) is 12.8 Å². The third kappa shape index (κ3) is 7.78. The van der Waals surface area contributed by atoms with Crippen LogP contribution < -0.4 is 4.72 Å². The summed E-state index contributed by atoms with van der Waals surface area (Å²) in [4.78, 5) is 12.1. The monoisotopic (exact) mass is 322 g/mol. The van der Waals surface area contributed by atoms with E-state index in [0.29, 0.717) is 6.54 Å². The second-order valence-corrected chi connectivity index (χ2v) is 8.36. The lowest BCUT2D eigenvalue weighted by Crippen LogP contribution is -2.51. The van der Waals surface area contributed by atoms with Crippen LogP contribution in [-0.2, 0) is 19.7 Å². The van der Waals surface area contributed by atoms with Crippen LogP contribution in [0.4, 0.5) is 0 Å². The van der Waals surface area contributed by atoms with Crippen LogP contribution >= 0.6 is 0 Å². The molecule has 0 saturated heterocycles. The van der Waals surface area contributed by atoms with Gasteiger partial charge in [0.2, 0.25) is 0 Å². The average molecular weight is 322 g/mol. The molecule has 0 aromatic heterocycles. The smallest absolute Gasteiger partial charge is 0.325 e. The Bertz CT molecular complexity index is 427. The van der Waals surface area contributed by atoms with Crippen LogP contribution in [0.25, 0.3) is 0 Å². The highest BCUT2D eigenvalue weighted by Crippen LogP contribution is 2.13. The molecule has 0 bridgehead atoms. The van der Waals surface area contributed by atoms with Crippen LogP contribution in [0.1, 0.15) is 54.4 Å². The van der Waals surface area contributed by atoms with E-state index in [1.165, 1.54) is 11.4 Å². The largest absolute Gasteiger partial charge is 0.459 e. The summed E-state index contributed by atoms with van der Waals surface area (Å²) < 4.78 is 33.4. The highest BCUT2D eigenvalue weighted by atomic mass is 32.2. The molecule has 0 unspecified atom stereocenters. The van der Waals surface area contributed by atoms with Crippen molar-refractivity contribution in [2.45, 2.75) is 66.0 Å². The van der Waals surface area contributed by atoms with Gasteiger partial charge in [0.15, 0.2) is 0 Å². The van der Waals surface area contributed by atoms with E-state index in [2.05, 4.69) is 4.72 Å². The first kappa shape index (κ1) is 20.3. The number of hydrogen-bond acceptors (Lipinski definition) is 4. The van der Waals surface area contributed by atoms with Gasteiger partial charge in [0.05, 0.1) is 0 Å². The molecule has 1 atom stereocenters. The van der Waals surface area contributed by atoms with Crippen LogP contribution in [0.2, 0.25) is 0 Å². The van der Waals surface area contributed by atoms with E-state index in [1.54, 1.807) is 34.6 Å². The lowest BCUT2D eigenvalue weighted by Gasteiger charge is -2.28. The molecule has 126 valence electrons. The minimum atomic E-state index is -3.69. The number of carbonyl (C=O) groups excluding carboxylic acids is 1. The molecule has 7 heteroatoms. The van der Waals surface area contributed by atoms with Gasteiger partial charge in [0, 0.05) is 13.6 Å². The SMILES string of the molecule is CCCCN(C)S(=O)(=O)N[C@@H](C(=O)OC(C)(C)C)C(C)C. The molecule has 0 rings (SSSR count). The van der Waals surface area contributed by atoms with Crippen molar-refractivity contribution in [3.8, 4) is 0 Å². The molecule has 0 spiro atoms. The molecule has 0 aromatic carbocycles. The van der Waals surface area contributed by atoms with Crippen LogP contribution in [0.15, 0.2) is 0 Å². The van der Waals surface area contributed by atoms with Crippen molar-refractivity contribution in [3.05, 3.63) is 0 Å². The minimum absolute atomic E-state index is 0.200. The minimum Gasteiger partial charge on any atom is -0.459 e. The van der Waals surface area contributed by atoms with Gasteiger partial charge in [-0.15, -0.1) is 0 Å². The molecule has 0 radical (unpaired) electrons. The second kappa shape index (κ2) is 8.10. The van der Waals surface area contributed by atoms with E-state index < -0.39 is 27.8 Å². The Hall–Kier alpha value is -0.660. The first-order chi connectivity index (χ1) is 9.40. The number of nitrogens with one attached hydrogen (secondary N) is 1. The Kier molecular flexibility index (Phi) is 7.84. The third-order valence-corrected chi connectivity index (χ3v) is 4.40. The number of nitrogens with zero attached hydrogens (tertiary/aromatic N) is 1. The number of rotatable bonds is 8. The van der Waals surface area contributed by atoms with E-state index in [9.17, 15) is 13.2 Å². The van der Waals surface area contributed by atoms with Gasteiger partial charge in [0.1, 0.15) is 11.6 Å². The van der Waals surface area contributed by atoms with Crippen LogP contribution in [-0.4, -0.2) is 43.9 Å². The van der Waals surface area contributed by atoms with E-state index >= 15 is 0 Å². The third-order valence-electron chi connectivity index (χ3n) is 2.84. The first-order valence-corrected chi connectivity index (χ1v) is 8.81. The molecule has 6 nitrogen and oxygen atoms in total. The summed E-state index contributed by atoms with van der Waals surface area (Å²) in [5.74, 6) is -0.751. The van der Waals surface area contributed by atoms with Crippen molar-refractivity contribution < 1.29 is 17.9 Å². The van der Waals surface area contributed by atoms with Crippen LogP contribution in [0, 0.1) is 5.92 Å². The highest BCUT2D eigenvalue weighted by molar-refractivity contribution is 7.87. The molecule has 0 saturated carbocycles. The van der Waals surface area contributed by atoms with Gasteiger partial charge in [-0.25, -0.2) is 0 Å². The predicted molar refractivity (Wildman–Crippen MR) is 84.1 cm³/mol. The number of ether oxygens (including phenoxy) is 1. The molecule has 0 fully saturated rings. The standard InChI is InChI=1S/C14H30N2O4S/c1-8-9-10-16(7)21(18,19)15-12(11(2)3)13(17)20-14(4,5)6/h11-12,15H,8-10H2,1-7H3/t12-/m1/s1. The Balaban J connectivity index is 4.96. The topological polar surface area (TPSA) is 75.7 Å². The maximum absolute atomic E-state index is 12.2. The lowest BCUT2D eigenvalue weighted by atomic mass is 10.1. The highest BCUT2D eigenvalue weighted by Gasteiger charge is 2.32. The maximum atomic E-state index is 12.2. The van der Waals surface area contributed by atoms with Crippen molar-refractivity contribution in [1.82, 2.24) is 9.03 Å². The zero-order valence-corrected chi connectivity index (χ0v) is 15.1. The van der Waals surface area contributed by atoms with Crippen molar-refractivity contribution in [1.29, 1.82) is 0 Å². The molecular formula is C14H30N2O4S. The van der Waals surface area contributed by atoms with Gasteiger partial charge in [0.25, 0.3) is 10.2 Å². The Morgan fingerprint density at radius 3 is 2.19 bits per heavy atom. The molecular weight excluding hydrogens is 292 g/mol. The van der Waals surface area contributed by atoms with Gasteiger partial charge < -0.3 is 4.74 Å². The van der Waals surface area contributed by atoms with Gasteiger partial charge in [-0.05, 0) is 33.1 Å². The maximum Gasteiger partial charge on any atom is 0.325 e. The predicted octanol–water partition coefficient (Wildman–Crippen LogP) is 1.92.